The molecule has 4 nitrogen and oxygen atoms in total. The number of ether oxygens (including phenoxy) is 1. The van der Waals surface area contributed by atoms with Crippen LogP contribution in [-0.4, -0.2) is 47.2 Å². The fraction of sp³-hybridized carbons (Fsp3) is 0.600. The predicted octanol–water partition coefficient (Wildman–Crippen LogP) is 2.59. The number of sulfone groups is 1. The first-order valence-electron chi connectivity index (χ1n) is 7.06. The average Bonchev–Trinajstić information content (AvgIpc) is 2.41. The summed E-state index contributed by atoms with van der Waals surface area (Å²) in [5.41, 5.74) is 1.22. The average molecular weight is 378 g/mol. The van der Waals surface area contributed by atoms with Crippen LogP contribution >= 0.6 is 15.9 Å². The van der Waals surface area contributed by atoms with Crippen LogP contribution < -0.4 is 5.32 Å². The topological polar surface area (TPSA) is 55.4 Å². The molecule has 0 radical (unpaired) electrons. The number of halogens is 1. The maximum absolute atomic E-state index is 11.3. The number of hydrogen-bond donors (Lipinski definition) is 1. The van der Waals surface area contributed by atoms with Crippen LogP contribution in [0.3, 0.4) is 0 Å². The van der Waals surface area contributed by atoms with Crippen molar-refractivity contribution in [2.24, 2.45) is 0 Å². The number of nitrogens with one attached hydrogen (secondary N) is 1. The molecule has 0 spiro atoms. The van der Waals surface area contributed by atoms with Gasteiger partial charge in [0.1, 0.15) is 9.84 Å². The van der Waals surface area contributed by atoms with Gasteiger partial charge in [0, 0.05) is 36.7 Å². The monoisotopic (exact) mass is 377 g/mol. The Hall–Kier alpha value is -0.430. The number of rotatable bonds is 10. The van der Waals surface area contributed by atoms with E-state index in [9.17, 15) is 8.42 Å². The third kappa shape index (κ3) is 7.95. The summed E-state index contributed by atoms with van der Waals surface area (Å²) in [5, 5.41) is 3.36. The Balaban J connectivity index is 2.64. The normalized spacial score (nSPS) is 13.3. The maximum atomic E-state index is 11.3. The van der Waals surface area contributed by atoms with Crippen LogP contribution in [0, 0.1) is 0 Å². The highest BCUT2D eigenvalue weighted by Crippen LogP contribution is 2.28. The van der Waals surface area contributed by atoms with Gasteiger partial charge in [-0.1, -0.05) is 34.1 Å². The van der Waals surface area contributed by atoms with Crippen LogP contribution in [0.4, 0.5) is 0 Å². The summed E-state index contributed by atoms with van der Waals surface area (Å²) in [6.45, 7) is 2.28. The second kappa shape index (κ2) is 9.56. The van der Waals surface area contributed by atoms with E-state index < -0.39 is 9.84 Å². The third-order valence-electron chi connectivity index (χ3n) is 3.29. The summed E-state index contributed by atoms with van der Waals surface area (Å²) < 4.78 is 28.6. The van der Waals surface area contributed by atoms with Gasteiger partial charge in [-0.05, 0) is 30.4 Å². The standard InChI is InChI=1S/C15H24BrNO3S/c1-20-10-9-17-12-13(6-5-11-21(2,18)19)14-7-3-4-8-15(14)16/h3-4,7-8,13,17H,5-6,9-12H2,1-2H3. The van der Waals surface area contributed by atoms with Gasteiger partial charge in [-0.3, -0.25) is 0 Å². The summed E-state index contributed by atoms with van der Waals surface area (Å²) in [6.07, 6.45) is 2.81. The van der Waals surface area contributed by atoms with E-state index in [4.69, 9.17) is 4.74 Å². The molecule has 1 rings (SSSR count). The summed E-state index contributed by atoms with van der Waals surface area (Å²) in [6, 6.07) is 8.11. The van der Waals surface area contributed by atoms with Gasteiger partial charge in [-0.25, -0.2) is 8.42 Å². The van der Waals surface area contributed by atoms with Crippen molar-refractivity contribution in [3.8, 4) is 0 Å². The second-order valence-corrected chi connectivity index (χ2v) is 8.30. The molecular weight excluding hydrogens is 354 g/mol. The first-order chi connectivity index (χ1) is 9.94. The van der Waals surface area contributed by atoms with Crippen LogP contribution in [0.15, 0.2) is 28.7 Å². The Morgan fingerprint density at radius 3 is 2.67 bits per heavy atom. The number of methoxy groups -OCH3 is 1. The number of benzene rings is 1. The molecule has 0 fully saturated rings. The van der Waals surface area contributed by atoms with Crippen molar-refractivity contribution in [3.05, 3.63) is 34.3 Å². The summed E-state index contributed by atoms with van der Waals surface area (Å²) in [5.74, 6) is 0.533. The lowest BCUT2D eigenvalue weighted by Gasteiger charge is -2.19. The molecular formula is C15H24BrNO3S. The molecule has 21 heavy (non-hydrogen) atoms. The fourth-order valence-electron chi connectivity index (χ4n) is 2.22. The number of hydrogen-bond acceptors (Lipinski definition) is 4. The van der Waals surface area contributed by atoms with Crippen LogP contribution in [0.2, 0.25) is 0 Å². The van der Waals surface area contributed by atoms with Gasteiger partial charge in [0.05, 0.1) is 6.61 Å². The van der Waals surface area contributed by atoms with Crippen molar-refractivity contribution in [2.75, 3.05) is 38.8 Å². The van der Waals surface area contributed by atoms with Gasteiger partial charge >= 0.3 is 0 Å². The molecule has 0 amide bonds. The zero-order valence-corrected chi connectivity index (χ0v) is 15.0. The third-order valence-corrected chi connectivity index (χ3v) is 5.04. The maximum Gasteiger partial charge on any atom is 0.147 e. The van der Waals surface area contributed by atoms with Crippen LogP contribution in [0.5, 0.6) is 0 Å². The zero-order chi connectivity index (χ0) is 15.7. The molecule has 0 saturated carbocycles. The second-order valence-electron chi connectivity index (χ2n) is 5.19. The minimum atomic E-state index is -2.89. The molecule has 1 aromatic rings. The molecule has 0 aliphatic rings. The molecule has 0 aliphatic heterocycles. The van der Waals surface area contributed by atoms with Gasteiger partial charge < -0.3 is 10.1 Å². The SMILES string of the molecule is COCCNCC(CCCS(C)(=O)=O)c1ccccc1Br. The highest BCUT2D eigenvalue weighted by molar-refractivity contribution is 9.10. The Morgan fingerprint density at radius 1 is 1.33 bits per heavy atom. The molecule has 120 valence electrons. The highest BCUT2D eigenvalue weighted by atomic mass is 79.9. The quantitative estimate of drug-likeness (QED) is 0.636. The van der Waals surface area contributed by atoms with E-state index in [0.29, 0.717) is 18.9 Å². The van der Waals surface area contributed by atoms with Gasteiger partial charge in [-0.15, -0.1) is 0 Å². The van der Waals surface area contributed by atoms with E-state index in [0.717, 1.165) is 24.0 Å². The zero-order valence-electron chi connectivity index (χ0n) is 12.6. The Kier molecular flexibility index (Phi) is 8.48. The molecule has 0 heterocycles. The van der Waals surface area contributed by atoms with Crippen LogP contribution in [0.25, 0.3) is 0 Å². The fourth-order valence-corrected chi connectivity index (χ4v) is 3.52. The Labute approximate surface area is 136 Å². The van der Waals surface area contributed by atoms with Crippen LogP contribution in [0.1, 0.15) is 24.3 Å². The minimum absolute atomic E-state index is 0.242. The van der Waals surface area contributed by atoms with Crippen molar-refractivity contribution in [2.45, 2.75) is 18.8 Å². The molecule has 0 bridgehead atoms. The smallest absolute Gasteiger partial charge is 0.147 e. The van der Waals surface area contributed by atoms with E-state index in [-0.39, 0.29) is 5.75 Å². The molecule has 6 heteroatoms. The van der Waals surface area contributed by atoms with Crippen molar-refractivity contribution in [1.29, 1.82) is 0 Å². The van der Waals surface area contributed by atoms with E-state index >= 15 is 0 Å². The molecule has 1 N–H and O–H groups in total. The van der Waals surface area contributed by atoms with E-state index in [1.165, 1.54) is 11.8 Å². The molecule has 0 aliphatic carbocycles. The van der Waals surface area contributed by atoms with Crippen molar-refractivity contribution < 1.29 is 13.2 Å². The largest absolute Gasteiger partial charge is 0.383 e. The molecule has 1 unspecified atom stereocenters. The van der Waals surface area contributed by atoms with E-state index in [1.807, 2.05) is 18.2 Å². The summed E-state index contributed by atoms with van der Waals surface area (Å²) in [7, 11) is -1.21. The van der Waals surface area contributed by atoms with Gasteiger partial charge in [0.15, 0.2) is 0 Å². The van der Waals surface area contributed by atoms with E-state index in [2.05, 4.69) is 27.3 Å². The Morgan fingerprint density at radius 2 is 2.05 bits per heavy atom. The van der Waals surface area contributed by atoms with E-state index in [1.54, 1.807) is 7.11 Å². The lowest BCUT2D eigenvalue weighted by atomic mass is 9.94. The molecule has 1 atom stereocenters. The Bertz CT molecular complexity index is 519. The summed E-state index contributed by atoms with van der Waals surface area (Å²) >= 11 is 3.58. The summed E-state index contributed by atoms with van der Waals surface area (Å²) in [4.78, 5) is 0. The predicted molar refractivity (Wildman–Crippen MR) is 90.6 cm³/mol. The minimum Gasteiger partial charge on any atom is -0.383 e. The molecule has 0 aromatic heterocycles. The molecule has 1 aromatic carbocycles. The van der Waals surface area contributed by atoms with Crippen molar-refractivity contribution in [1.82, 2.24) is 5.32 Å². The first kappa shape index (κ1) is 18.6. The van der Waals surface area contributed by atoms with Crippen molar-refractivity contribution in [3.63, 3.8) is 0 Å². The van der Waals surface area contributed by atoms with Gasteiger partial charge in [0.25, 0.3) is 0 Å². The first-order valence-corrected chi connectivity index (χ1v) is 9.91. The van der Waals surface area contributed by atoms with Crippen LogP contribution in [-0.2, 0) is 14.6 Å². The van der Waals surface area contributed by atoms with Crippen molar-refractivity contribution >= 4 is 25.8 Å². The lowest BCUT2D eigenvalue weighted by Crippen LogP contribution is -2.25. The van der Waals surface area contributed by atoms with Gasteiger partial charge in [-0.2, -0.15) is 0 Å². The highest BCUT2D eigenvalue weighted by Gasteiger charge is 2.15. The molecule has 0 saturated heterocycles. The lowest BCUT2D eigenvalue weighted by molar-refractivity contribution is 0.198. The van der Waals surface area contributed by atoms with Gasteiger partial charge in [0.2, 0.25) is 0 Å².